The predicted molar refractivity (Wildman–Crippen MR) is 77.2 cm³/mol. The van der Waals surface area contributed by atoms with Crippen LogP contribution in [0.25, 0.3) is 10.9 Å². The first kappa shape index (κ1) is 13.1. The van der Waals surface area contributed by atoms with E-state index < -0.39 is 0 Å². The number of nitrogens with one attached hydrogen (secondary N) is 1. The molecule has 106 valence electrons. The summed E-state index contributed by atoms with van der Waals surface area (Å²) >= 11 is 0. The Labute approximate surface area is 120 Å². The van der Waals surface area contributed by atoms with E-state index in [-0.39, 0.29) is 12.5 Å². The Balaban J connectivity index is 1.84. The first-order valence-electron chi connectivity index (χ1n) is 6.43. The lowest BCUT2D eigenvalue weighted by Crippen LogP contribution is -2.18. The van der Waals surface area contributed by atoms with Crippen molar-refractivity contribution >= 4 is 28.9 Å². The summed E-state index contributed by atoms with van der Waals surface area (Å²) in [6.07, 6.45) is 2.46. The molecule has 3 rings (SSSR count). The number of carbonyl (C=O) groups is 2. The number of benzene rings is 1. The fourth-order valence-electron chi connectivity index (χ4n) is 2.26. The Morgan fingerprint density at radius 2 is 2.24 bits per heavy atom. The lowest BCUT2D eigenvalue weighted by molar-refractivity contribution is -0.116. The van der Waals surface area contributed by atoms with Crippen LogP contribution in [-0.2, 0) is 11.3 Å². The smallest absolute Gasteiger partial charge is 0.245 e. The molecule has 6 nitrogen and oxygen atoms in total. The Kier molecular flexibility index (Phi) is 3.27. The molecule has 0 radical (unpaired) electrons. The summed E-state index contributed by atoms with van der Waals surface area (Å²) in [6.45, 7) is 1.85. The Morgan fingerprint density at radius 1 is 1.43 bits per heavy atom. The molecule has 21 heavy (non-hydrogen) atoms. The van der Waals surface area contributed by atoms with Crippen molar-refractivity contribution in [2.75, 3.05) is 5.32 Å². The third-order valence-electron chi connectivity index (χ3n) is 3.16. The number of para-hydroxylation sites is 1. The summed E-state index contributed by atoms with van der Waals surface area (Å²) in [7, 11) is 0. The van der Waals surface area contributed by atoms with E-state index in [0.717, 1.165) is 17.2 Å². The van der Waals surface area contributed by atoms with E-state index in [9.17, 15) is 9.59 Å². The van der Waals surface area contributed by atoms with Crippen LogP contribution >= 0.6 is 0 Å². The summed E-state index contributed by atoms with van der Waals surface area (Å²) in [6, 6.07) is 9.09. The highest BCUT2D eigenvalue weighted by molar-refractivity contribution is 5.98. The average Bonchev–Trinajstić information content (AvgIpc) is 3.03. The van der Waals surface area contributed by atoms with Gasteiger partial charge in [0.1, 0.15) is 12.3 Å². The second-order valence-electron chi connectivity index (χ2n) is 4.72. The number of aromatic nitrogens is 2. The van der Waals surface area contributed by atoms with E-state index in [4.69, 9.17) is 4.52 Å². The minimum atomic E-state index is -0.235. The number of nitrogens with zero attached hydrogens (tertiary/aromatic N) is 2. The molecule has 0 aliphatic heterocycles. The monoisotopic (exact) mass is 283 g/mol. The first-order chi connectivity index (χ1) is 10.2. The van der Waals surface area contributed by atoms with Crippen molar-refractivity contribution in [3.63, 3.8) is 0 Å². The van der Waals surface area contributed by atoms with Crippen LogP contribution in [0.1, 0.15) is 16.1 Å². The van der Waals surface area contributed by atoms with Crippen LogP contribution < -0.4 is 5.32 Å². The molecular formula is C15H13N3O3. The molecule has 6 heteroatoms. The molecule has 0 saturated carbocycles. The third kappa shape index (κ3) is 2.55. The van der Waals surface area contributed by atoms with Gasteiger partial charge >= 0.3 is 0 Å². The van der Waals surface area contributed by atoms with Gasteiger partial charge < -0.3 is 14.4 Å². The number of anilines is 1. The normalized spacial score (nSPS) is 10.7. The number of fused-ring (bicyclic) bond motifs is 1. The molecule has 1 aromatic carbocycles. The van der Waals surface area contributed by atoms with E-state index in [1.807, 2.05) is 24.3 Å². The van der Waals surface area contributed by atoms with Crippen molar-refractivity contribution in [3.8, 4) is 0 Å². The first-order valence-corrected chi connectivity index (χ1v) is 6.43. The van der Waals surface area contributed by atoms with Gasteiger partial charge in [0.15, 0.2) is 12.1 Å². The standard InChI is InChI=1S/C15H13N3O3/c1-10-6-14(17-21-10)16-15(20)8-18-7-11(9-19)12-4-2-3-5-13(12)18/h2-7,9H,8H2,1H3,(H,16,17,20). The molecule has 2 aromatic heterocycles. The predicted octanol–water partition coefficient (Wildman–Crippen LogP) is 2.39. The van der Waals surface area contributed by atoms with E-state index >= 15 is 0 Å². The van der Waals surface area contributed by atoms with Crippen LogP contribution in [0.4, 0.5) is 5.82 Å². The van der Waals surface area contributed by atoms with Crippen molar-refractivity contribution in [2.45, 2.75) is 13.5 Å². The molecule has 0 aliphatic carbocycles. The van der Waals surface area contributed by atoms with Crippen LogP contribution in [0.2, 0.25) is 0 Å². The summed E-state index contributed by atoms with van der Waals surface area (Å²) in [4.78, 5) is 23.1. The third-order valence-corrected chi connectivity index (χ3v) is 3.16. The highest BCUT2D eigenvalue weighted by atomic mass is 16.5. The summed E-state index contributed by atoms with van der Waals surface area (Å²) in [5.41, 5.74) is 1.40. The Hall–Kier alpha value is -2.89. The molecule has 0 saturated heterocycles. The van der Waals surface area contributed by atoms with Crippen molar-refractivity contribution < 1.29 is 14.1 Å². The van der Waals surface area contributed by atoms with Crippen molar-refractivity contribution in [3.05, 3.63) is 47.9 Å². The van der Waals surface area contributed by atoms with Crippen LogP contribution in [0.5, 0.6) is 0 Å². The molecule has 1 amide bonds. The number of carbonyl (C=O) groups excluding carboxylic acids is 2. The second kappa shape index (κ2) is 5.24. The molecule has 3 aromatic rings. The minimum absolute atomic E-state index is 0.0975. The van der Waals surface area contributed by atoms with Gasteiger partial charge in [-0.05, 0) is 13.0 Å². The number of aryl methyl sites for hydroxylation is 1. The van der Waals surface area contributed by atoms with E-state index in [0.29, 0.717) is 17.1 Å². The van der Waals surface area contributed by atoms with Gasteiger partial charge in [0.25, 0.3) is 0 Å². The number of rotatable bonds is 4. The number of amides is 1. The molecule has 0 spiro atoms. The minimum Gasteiger partial charge on any atom is -0.360 e. The quantitative estimate of drug-likeness (QED) is 0.746. The van der Waals surface area contributed by atoms with E-state index in [1.54, 1.807) is 23.8 Å². The van der Waals surface area contributed by atoms with E-state index in [1.165, 1.54) is 0 Å². The summed E-state index contributed by atoms with van der Waals surface area (Å²) in [5, 5.41) is 7.19. The van der Waals surface area contributed by atoms with E-state index in [2.05, 4.69) is 10.5 Å². The highest BCUT2D eigenvalue weighted by Gasteiger charge is 2.11. The van der Waals surface area contributed by atoms with Gasteiger partial charge in [-0.25, -0.2) is 0 Å². The van der Waals surface area contributed by atoms with Gasteiger partial charge in [0, 0.05) is 28.7 Å². The maximum absolute atomic E-state index is 12.0. The van der Waals surface area contributed by atoms with Crippen molar-refractivity contribution in [1.82, 2.24) is 9.72 Å². The lowest BCUT2D eigenvalue weighted by Gasteiger charge is -2.04. The second-order valence-corrected chi connectivity index (χ2v) is 4.72. The maximum atomic E-state index is 12.0. The number of hydrogen-bond acceptors (Lipinski definition) is 4. The Bertz CT molecular complexity index is 817. The number of aldehydes is 1. The largest absolute Gasteiger partial charge is 0.360 e. The fraction of sp³-hybridized carbons (Fsp3) is 0.133. The highest BCUT2D eigenvalue weighted by Crippen LogP contribution is 2.20. The molecule has 0 unspecified atom stereocenters. The van der Waals surface area contributed by atoms with Gasteiger partial charge in [-0.1, -0.05) is 23.4 Å². The van der Waals surface area contributed by atoms with Gasteiger partial charge in [-0.2, -0.15) is 0 Å². The zero-order valence-electron chi connectivity index (χ0n) is 11.4. The molecule has 0 aliphatic rings. The average molecular weight is 283 g/mol. The molecule has 0 bridgehead atoms. The summed E-state index contributed by atoms with van der Waals surface area (Å²) in [5.74, 6) is 0.769. The molecule has 2 heterocycles. The van der Waals surface area contributed by atoms with Gasteiger partial charge in [-0.15, -0.1) is 0 Å². The zero-order valence-corrected chi connectivity index (χ0v) is 11.4. The summed E-state index contributed by atoms with van der Waals surface area (Å²) < 4.78 is 6.63. The molecule has 0 fully saturated rings. The van der Waals surface area contributed by atoms with Crippen LogP contribution in [0, 0.1) is 6.92 Å². The SMILES string of the molecule is Cc1cc(NC(=O)Cn2cc(C=O)c3ccccc32)no1. The fourth-order valence-corrected chi connectivity index (χ4v) is 2.26. The molecule has 0 atom stereocenters. The van der Waals surface area contributed by atoms with Crippen molar-refractivity contribution in [2.24, 2.45) is 0 Å². The van der Waals surface area contributed by atoms with Crippen LogP contribution in [-0.4, -0.2) is 21.9 Å². The molecular weight excluding hydrogens is 270 g/mol. The molecule has 1 N–H and O–H groups in total. The lowest BCUT2D eigenvalue weighted by atomic mass is 10.2. The number of hydrogen-bond donors (Lipinski definition) is 1. The van der Waals surface area contributed by atoms with Crippen molar-refractivity contribution in [1.29, 1.82) is 0 Å². The van der Waals surface area contributed by atoms with Gasteiger partial charge in [0.2, 0.25) is 5.91 Å². The van der Waals surface area contributed by atoms with Gasteiger partial charge in [0.05, 0.1) is 0 Å². The zero-order chi connectivity index (χ0) is 14.8. The van der Waals surface area contributed by atoms with Crippen LogP contribution in [0.3, 0.4) is 0 Å². The van der Waals surface area contributed by atoms with Crippen LogP contribution in [0.15, 0.2) is 41.1 Å². The Morgan fingerprint density at radius 3 is 2.95 bits per heavy atom. The topological polar surface area (TPSA) is 77.1 Å². The van der Waals surface area contributed by atoms with Gasteiger partial charge in [-0.3, -0.25) is 9.59 Å². The maximum Gasteiger partial charge on any atom is 0.245 e.